The van der Waals surface area contributed by atoms with E-state index in [4.69, 9.17) is 4.74 Å². The van der Waals surface area contributed by atoms with Crippen molar-refractivity contribution in [1.29, 1.82) is 0 Å². The maximum Gasteiger partial charge on any atom is 0.0623 e. The second-order valence-corrected chi connectivity index (χ2v) is 6.91. The maximum absolute atomic E-state index is 5.71. The molecule has 4 heteroatoms. The Morgan fingerprint density at radius 3 is 2.95 bits per heavy atom. The van der Waals surface area contributed by atoms with Crippen molar-refractivity contribution in [3.8, 4) is 0 Å². The van der Waals surface area contributed by atoms with Crippen LogP contribution in [0.25, 0.3) is 0 Å². The molecule has 0 aromatic carbocycles. The highest BCUT2D eigenvalue weighted by atomic mass is 16.5. The quantitative estimate of drug-likeness (QED) is 0.837. The number of fused-ring (bicyclic) bond motifs is 1. The number of nitrogens with zero attached hydrogens (tertiary/aromatic N) is 2. The molecule has 3 fully saturated rings. The second kappa shape index (κ2) is 6.73. The molecule has 4 nitrogen and oxygen atoms in total. The molecule has 0 bridgehead atoms. The second-order valence-electron chi connectivity index (χ2n) is 6.91. The lowest BCUT2D eigenvalue weighted by Crippen LogP contribution is -2.60. The van der Waals surface area contributed by atoms with E-state index in [-0.39, 0.29) is 0 Å². The van der Waals surface area contributed by atoms with Crippen molar-refractivity contribution in [1.82, 2.24) is 15.1 Å². The van der Waals surface area contributed by atoms with Gasteiger partial charge in [-0.3, -0.25) is 9.80 Å². The van der Waals surface area contributed by atoms with Gasteiger partial charge in [0.05, 0.1) is 13.2 Å². The standard InChI is InChI=1S/C16H31N3O/c1-3-17-16-12-20-11-14(16)9-19-10-15-6-4-5-7-18(15)8-13(19)2/h13-17H,3-12H2,1-2H3. The summed E-state index contributed by atoms with van der Waals surface area (Å²) >= 11 is 0. The summed E-state index contributed by atoms with van der Waals surface area (Å²) in [7, 11) is 0. The number of likely N-dealkylation sites (N-methyl/N-ethyl adjacent to an activating group) is 1. The minimum absolute atomic E-state index is 0.566. The molecule has 0 saturated carbocycles. The van der Waals surface area contributed by atoms with E-state index in [0.29, 0.717) is 18.0 Å². The van der Waals surface area contributed by atoms with E-state index in [1.165, 1.54) is 45.4 Å². The Bertz CT molecular complexity index is 312. The van der Waals surface area contributed by atoms with Gasteiger partial charge in [-0.05, 0) is 32.9 Å². The number of piperazine rings is 1. The summed E-state index contributed by atoms with van der Waals surface area (Å²) < 4.78 is 5.71. The normalized spacial score (nSPS) is 39.9. The Balaban J connectivity index is 1.56. The zero-order valence-electron chi connectivity index (χ0n) is 13.2. The Morgan fingerprint density at radius 2 is 2.10 bits per heavy atom. The van der Waals surface area contributed by atoms with Gasteiger partial charge < -0.3 is 10.1 Å². The number of hydrogen-bond donors (Lipinski definition) is 1. The summed E-state index contributed by atoms with van der Waals surface area (Å²) in [5.41, 5.74) is 0. The highest BCUT2D eigenvalue weighted by Crippen LogP contribution is 2.26. The van der Waals surface area contributed by atoms with E-state index in [2.05, 4.69) is 29.0 Å². The average molecular weight is 281 g/mol. The first-order valence-corrected chi connectivity index (χ1v) is 8.57. The SMILES string of the molecule is CCNC1COCC1CN1CC2CCCCN2CC1C. The Morgan fingerprint density at radius 1 is 1.20 bits per heavy atom. The lowest BCUT2D eigenvalue weighted by Gasteiger charge is -2.48. The highest BCUT2D eigenvalue weighted by Gasteiger charge is 2.36. The van der Waals surface area contributed by atoms with Gasteiger partial charge in [0.2, 0.25) is 0 Å². The van der Waals surface area contributed by atoms with Crippen molar-refractivity contribution in [2.24, 2.45) is 5.92 Å². The molecule has 0 aromatic heterocycles. The molecule has 0 radical (unpaired) electrons. The van der Waals surface area contributed by atoms with Crippen LogP contribution in [-0.4, -0.2) is 73.9 Å². The maximum atomic E-state index is 5.71. The van der Waals surface area contributed by atoms with E-state index in [9.17, 15) is 0 Å². The largest absolute Gasteiger partial charge is 0.379 e. The van der Waals surface area contributed by atoms with Crippen LogP contribution in [0.5, 0.6) is 0 Å². The Labute approximate surface area is 123 Å². The molecular formula is C16H31N3O. The van der Waals surface area contributed by atoms with Crippen LogP contribution in [0.1, 0.15) is 33.1 Å². The zero-order chi connectivity index (χ0) is 13.9. The minimum Gasteiger partial charge on any atom is -0.379 e. The van der Waals surface area contributed by atoms with Crippen molar-refractivity contribution in [3.05, 3.63) is 0 Å². The van der Waals surface area contributed by atoms with Gasteiger partial charge >= 0.3 is 0 Å². The first kappa shape index (κ1) is 14.8. The molecule has 20 heavy (non-hydrogen) atoms. The number of nitrogens with one attached hydrogen (secondary N) is 1. The van der Waals surface area contributed by atoms with Crippen LogP contribution >= 0.6 is 0 Å². The fourth-order valence-corrected chi connectivity index (χ4v) is 4.23. The monoisotopic (exact) mass is 281 g/mol. The topological polar surface area (TPSA) is 27.7 Å². The molecule has 3 rings (SSSR count). The molecular weight excluding hydrogens is 250 g/mol. The number of ether oxygens (including phenoxy) is 1. The van der Waals surface area contributed by atoms with Crippen LogP contribution in [0.3, 0.4) is 0 Å². The molecule has 4 unspecified atom stereocenters. The molecule has 3 heterocycles. The van der Waals surface area contributed by atoms with Crippen LogP contribution in [0, 0.1) is 5.92 Å². The van der Waals surface area contributed by atoms with Gasteiger partial charge in [-0.15, -0.1) is 0 Å². The van der Waals surface area contributed by atoms with E-state index >= 15 is 0 Å². The summed E-state index contributed by atoms with van der Waals surface area (Å²) in [6.07, 6.45) is 4.24. The van der Waals surface area contributed by atoms with Crippen molar-refractivity contribution in [2.45, 2.75) is 51.2 Å². The van der Waals surface area contributed by atoms with Crippen LogP contribution in [-0.2, 0) is 4.74 Å². The smallest absolute Gasteiger partial charge is 0.0623 e. The summed E-state index contributed by atoms with van der Waals surface area (Å²) in [4.78, 5) is 5.47. The predicted octanol–water partition coefficient (Wildman–Crippen LogP) is 1.17. The van der Waals surface area contributed by atoms with Gasteiger partial charge in [-0.2, -0.15) is 0 Å². The summed E-state index contributed by atoms with van der Waals surface area (Å²) in [5, 5.41) is 3.59. The summed E-state index contributed by atoms with van der Waals surface area (Å²) in [5.74, 6) is 0.674. The fraction of sp³-hybridized carbons (Fsp3) is 1.00. The lowest BCUT2D eigenvalue weighted by molar-refractivity contribution is 0.00574. The third kappa shape index (κ3) is 3.19. The van der Waals surface area contributed by atoms with Crippen LogP contribution < -0.4 is 5.32 Å². The summed E-state index contributed by atoms with van der Waals surface area (Å²) in [6, 6.07) is 2.09. The first-order chi connectivity index (χ1) is 9.78. The van der Waals surface area contributed by atoms with Crippen LogP contribution in [0.4, 0.5) is 0 Å². The van der Waals surface area contributed by atoms with Crippen molar-refractivity contribution >= 4 is 0 Å². The molecule has 1 N–H and O–H groups in total. The molecule has 0 aromatic rings. The lowest BCUT2D eigenvalue weighted by atomic mass is 9.95. The van der Waals surface area contributed by atoms with E-state index < -0.39 is 0 Å². The van der Waals surface area contributed by atoms with Gasteiger partial charge in [0.15, 0.2) is 0 Å². The summed E-state index contributed by atoms with van der Waals surface area (Å²) in [6.45, 7) is 12.6. The van der Waals surface area contributed by atoms with Gasteiger partial charge in [-0.25, -0.2) is 0 Å². The predicted molar refractivity (Wildman–Crippen MR) is 82.0 cm³/mol. The van der Waals surface area contributed by atoms with Gasteiger partial charge in [0, 0.05) is 43.7 Å². The van der Waals surface area contributed by atoms with Gasteiger partial charge in [0.25, 0.3) is 0 Å². The van der Waals surface area contributed by atoms with Crippen molar-refractivity contribution in [2.75, 3.05) is 45.9 Å². The average Bonchev–Trinajstić information content (AvgIpc) is 2.87. The number of rotatable bonds is 4. The number of hydrogen-bond acceptors (Lipinski definition) is 4. The molecule has 4 atom stereocenters. The van der Waals surface area contributed by atoms with Crippen molar-refractivity contribution in [3.63, 3.8) is 0 Å². The minimum atomic E-state index is 0.566. The zero-order valence-corrected chi connectivity index (χ0v) is 13.2. The van der Waals surface area contributed by atoms with Gasteiger partial charge in [-0.1, -0.05) is 13.3 Å². The first-order valence-electron chi connectivity index (χ1n) is 8.57. The molecule has 3 aliphatic heterocycles. The molecule has 3 saturated heterocycles. The molecule has 0 aliphatic carbocycles. The highest BCUT2D eigenvalue weighted by molar-refractivity contribution is 4.92. The third-order valence-corrected chi connectivity index (χ3v) is 5.45. The molecule has 0 amide bonds. The molecule has 0 spiro atoms. The Kier molecular flexibility index (Phi) is 4.97. The van der Waals surface area contributed by atoms with Gasteiger partial charge in [0.1, 0.15) is 0 Å². The van der Waals surface area contributed by atoms with E-state index in [1.54, 1.807) is 0 Å². The third-order valence-electron chi connectivity index (χ3n) is 5.45. The van der Waals surface area contributed by atoms with Crippen LogP contribution in [0.2, 0.25) is 0 Å². The van der Waals surface area contributed by atoms with E-state index in [0.717, 1.165) is 25.8 Å². The van der Waals surface area contributed by atoms with E-state index in [1.807, 2.05) is 0 Å². The van der Waals surface area contributed by atoms with Crippen molar-refractivity contribution < 1.29 is 4.74 Å². The molecule has 3 aliphatic rings. The van der Waals surface area contributed by atoms with Crippen LogP contribution in [0.15, 0.2) is 0 Å². The fourth-order valence-electron chi connectivity index (χ4n) is 4.23. The molecule has 116 valence electrons. The Hall–Kier alpha value is -0.160. The number of piperidine rings is 1.